The summed E-state index contributed by atoms with van der Waals surface area (Å²) in [6.45, 7) is 7.71. The molecule has 1 aliphatic heterocycles. The van der Waals surface area contributed by atoms with Gasteiger partial charge in [0.25, 0.3) is 15.9 Å². The average Bonchev–Trinajstić information content (AvgIpc) is 3.45. The predicted octanol–water partition coefficient (Wildman–Crippen LogP) is 4.00. The van der Waals surface area contributed by atoms with Crippen molar-refractivity contribution in [3.8, 4) is 5.88 Å². The molecule has 40 heavy (non-hydrogen) atoms. The van der Waals surface area contributed by atoms with Crippen LogP contribution in [-0.2, 0) is 21.4 Å². The zero-order valence-corrected chi connectivity index (χ0v) is 23.9. The Balaban J connectivity index is 1.63. The number of aryl methyl sites for hydroxylation is 1. The van der Waals surface area contributed by atoms with Crippen molar-refractivity contribution in [2.75, 3.05) is 6.61 Å². The maximum absolute atomic E-state index is 13.5. The van der Waals surface area contributed by atoms with Crippen LogP contribution < -0.4 is 15.2 Å². The molecule has 0 aromatic carbocycles. The number of amides is 1. The lowest BCUT2D eigenvalue weighted by Gasteiger charge is -2.52. The maximum Gasteiger partial charge on any atom is 0.397 e. The van der Waals surface area contributed by atoms with Gasteiger partial charge in [-0.25, -0.2) is 17.8 Å². The van der Waals surface area contributed by atoms with Crippen LogP contribution in [0.15, 0.2) is 41.1 Å². The second kappa shape index (κ2) is 10.3. The van der Waals surface area contributed by atoms with Gasteiger partial charge in [-0.15, -0.1) is 5.10 Å². The van der Waals surface area contributed by atoms with E-state index in [4.69, 9.17) is 10.5 Å². The van der Waals surface area contributed by atoms with Gasteiger partial charge < -0.3 is 10.5 Å². The molecule has 2 bridgehead atoms. The molecule has 2 atom stereocenters. The molecule has 2 aromatic rings. The smallest absolute Gasteiger partial charge is 0.397 e. The number of halogens is 3. The number of ether oxygens (including phenoxy) is 1. The number of carbonyl (C=O) groups is 1. The summed E-state index contributed by atoms with van der Waals surface area (Å²) < 4.78 is 75.9. The molecule has 2 aliphatic rings. The van der Waals surface area contributed by atoms with E-state index in [-0.39, 0.29) is 39.4 Å². The summed E-state index contributed by atoms with van der Waals surface area (Å²) in [6.07, 6.45) is 3.60. The lowest BCUT2D eigenvalue weighted by molar-refractivity contribution is -0.219. The number of rotatable bonds is 5. The topological polar surface area (TPSA) is 134 Å². The summed E-state index contributed by atoms with van der Waals surface area (Å²) in [5.41, 5.74) is 4.58. The molecule has 1 unspecified atom stereocenters. The number of hydrogen-bond acceptors (Lipinski definition) is 7. The van der Waals surface area contributed by atoms with Crippen LogP contribution in [0.5, 0.6) is 5.88 Å². The third kappa shape index (κ3) is 5.77. The second-order valence-electron chi connectivity index (χ2n) is 11.8. The molecule has 4 rings (SSSR count). The van der Waals surface area contributed by atoms with Crippen molar-refractivity contribution in [3.63, 3.8) is 0 Å². The Kier molecular flexibility index (Phi) is 7.63. The molecular formula is C26H35F3N6O4S. The molecule has 1 saturated carbocycles. The molecule has 0 saturated heterocycles. The summed E-state index contributed by atoms with van der Waals surface area (Å²) >= 11 is 0. The van der Waals surface area contributed by atoms with Crippen LogP contribution in [0.3, 0.4) is 0 Å². The highest BCUT2D eigenvalue weighted by Crippen LogP contribution is 2.56. The van der Waals surface area contributed by atoms with Gasteiger partial charge in [-0.1, -0.05) is 13.8 Å². The standard InChI is InChI=1S/C26H35F3N6O4S/c1-16-19-14-31-34(16)11-6-7-17-13-24(2,3)22(17)18(23(36)33-40(19,37)38)8-9-20(30)35-12-10-21(32-35)39-15-25(4,5)26(27,28)29/h8-10,12,14,17,22H,6-7,11,13,15,30H2,1-5H3,(H,33,36)/b18-8+,20-9+/t17-,22?/m1/s1. The van der Waals surface area contributed by atoms with E-state index in [0.29, 0.717) is 12.2 Å². The average molecular weight is 585 g/mol. The van der Waals surface area contributed by atoms with Crippen LogP contribution in [0, 0.1) is 29.6 Å². The van der Waals surface area contributed by atoms with E-state index in [1.54, 1.807) is 11.6 Å². The number of carbonyl (C=O) groups excluding carboxylic acids is 1. The lowest BCUT2D eigenvalue weighted by Crippen LogP contribution is -2.48. The molecule has 1 aliphatic carbocycles. The van der Waals surface area contributed by atoms with Crippen molar-refractivity contribution >= 4 is 21.8 Å². The number of nitrogens with two attached hydrogens (primary N) is 1. The first-order chi connectivity index (χ1) is 18.4. The fourth-order valence-corrected chi connectivity index (χ4v) is 6.59. The Morgan fingerprint density at radius 3 is 2.67 bits per heavy atom. The first kappa shape index (κ1) is 29.7. The van der Waals surface area contributed by atoms with Gasteiger partial charge in [0.05, 0.1) is 17.3 Å². The van der Waals surface area contributed by atoms with Crippen LogP contribution in [-0.4, -0.2) is 46.7 Å². The number of sulfonamides is 1. The first-order valence-corrected chi connectivity index (χ1v) is 14.4. The minimum absolute atomic E-state index is 0.0488. The second-order valence-corrected chi connectivity index (χ2v) is 13.5. The molecule has 1 fully saturated rings. The normalized spacial score (nSPS) is 24.4. The van der Waals surface area contributed by atoms with E-state index in [2.05, 4.69) is 14.9 Å². The van der Waals surface area contributed by atoms with Crippen molar-refractivity contribution < 1.29 is 31.1 Å². The summed E-state index contributed by atoms with van der Waals surface area (Å²) in [5, 5.41) is 8.27. The molecule has 220 valence electrons. The lowest BCUT2D eigenvalue weighted by atomic mass is 9.52. The van der Waals surface area contributed by atoms with Crippen LogP contribution in [0.1, 0.15) is 52.7 Å². The zero-order chi connectivity index (χ0) is 29.7. The minimum atomic E-state index is -4.45. The SMILES string of the molecule is Cc1c2cnn1CCC[C@@H]1CC(C)(C)C1/C(=C\C=C(/N)n1ccc(OCC(C)(C)C(F)(F)F)n1)C(=O)NS2(=O)=O. The highest BCUT2D eigenvalue weighted by molar-refractivity contribution is 7.90. The van der Waals surface area contributed by atoms with Gasteiger partial charge in [0.15, 0.2) is 0 Å². The van der Waals surface area contributed by atoms with E-state index in [1.165, 1.54) is 35.3 Å². The summed E-state index contributed by atoms with van der Waals surface area (Å²) in [7, 11) is -4.18. The van der Waals surface area contributed by atoms with Crippen molar-refractivity contribution in [3.05, 3.63) is 41.9 Å². The fourth-order valence-electron chi connectivity index (χ4n) is 5.44. The van der Waals surface area contributed by atoms with Crippen LogP contribution in [0.4, 0.5) is 13.2 Å². The Morgan fingerprint density at radius 1 is 1.32 bits per heavy atom. The van der Waals surface area contributed by atoms with Gasteiger partial charge >= 0.3 is 6.18 Å². The highest BCUT2D eigenvalue weighted by Gasteiger charge is 2.50. The Morgan fingerprint density at radius 2 is 2.02 bits per heavy atom. The van der Waals surface area contributed by atoms with E-state index in [1.807, 2.05) is 13.8 Å². The van der Waals surface area contributed by atoms with E-state index in [0.717, 1.165) is 33.1 Å². The predicted molar refractivity (Wildman–Crippen MR) is 141 cm³/mol. The number of hydrogen-bond donors (Lipinski definition) is 2. The molecule has 1 amide bonds. The Bertz CT molecular complexity index is 1450. The minimum Gasteiger partial charge on any atom is -0.476 e. The van der Waals surface area contributed by atoms with Gasteiger partial charge in [-0.05, 0) is 69.4 Å². The monoisotopic (exact) mass is 584 g/mol. The molecular weight excluding hydrogens is 549 g/mol. The Labute approximate surface area is 231 Å². The summed E-state index contributed by atoms with van der Waals surface area (Å²) in [6, 6.07) is 1.38. The van der Waals surface area contributed by atoms with Gasteiger partial charge in [0, 0.05) is 24.4 Å². The molecule has 3 heterocycles. The Hall–Kier alpha value is -3.29. The number of nitrogens with zero attached hydrogens (tertiary/aromatic N) is 4. The van der Waals surface area contributed by atoms with Gasteiger partial charge in [-0.2, -0.15) is 18.3 Å². The third-order valence-electron chi connectivity index (χ3n) is 7.83. The first-order valence-electron chi connectivity index (χ1n) is 13.0. The van der Waals surface area contributed by atoms with E-state index in [9.17, 15) is 26.4 Å². The van der Waals surface area contributed by atoms with Crippen molar-refractivity contribution in [2.24, 2.45) is 28.4 Å². The van der Waals surface area contributed by atoms with Crippen molar-refractivity contribution in [1.29, 1.82) is 0 Å². The van der Waals surface area contributed by atoms with Crippen molar-refractivity contribution in [2.45, 2.75) is 71.5 Å². The van der Waals surface area contributed by atoms with Gasteiger partial charge in [0.2, 0.25) is 5.88 Å². The van der Waals surface area contributed by atoms with Crippen molar-refractivity contribution in [1.82, 2.24) is 24.3 Å². The number of nitrogens with one attached hydrogen (secondary N) is 1. The van der Waals surface area contributed by atoms with Crippen LogP contribution in [0.2, 0.25) is 0 Å². The molecule has 0 radical (unpaired) electrons. The fraction of sp³-hybridized carbons (Fsp3) is 0.577. The third-order valence-corrected chi connectivity index (χ3v) is 9.26. The van der Waals surface area contributed by atoms with E-state index < -0.39 is 34.1 Å². The summed E-state index contributed by atoms with van der Waals surface area (Å²) in [5.74, 6) is -0.813. The van der Waals surface area contributed by atoms with E-state index >= 15 is 0 Å². The molecule has 14 heteroatoms. The quantitative estimate of drug-likeness (QED) is 0.508. The number of allylic oxidation sites excluding steroid dienone is 2. The molecule has 10 nitrogen and oxygen atoms in total. The maximum atomic E-state index is 13.5. The molecule has 3 N–H and O–H groups in total. The summed E-state index contributed by atoms with van der Waals surface area (Å²) in [4.78, 5) is 13.4. The van der Waals surface area contributed by atoms with Gasteiger partial charge in [0.1, 0.15) is 17.3 Å². The zero-order valence-electron chi connectivity index (χ0n) is 23.1. The highest BCUT2D eigenvalue weighted by atomic mass is 32.2. The van der Waals surface area contributed by atoms with Gasteiger partial charge in [-0.3, -0.25) is 9.48 Å². The number of alkyl halides is 3. The molecule has 2 aromatic heterocycles. The number of aromatic nitrogens is 4. The van der Waals surface area contributed by atoms with Crippen LogP contribution in [0.25, 0.3) is 5.82 Å². The number of fused-ring (bicyclic) bond motifs is 3. The largest absolute Gasteiger partial charge is 0.476 e. The molecule has 0 spiro atoms. The van der Waals surface area contributed by atoms with Crippen LogP contribution >= 0.6 is 0 Å².